The van der Waals surface area contributed by atoms with Crippen molar-refractivity contribution in [2.75, 3.05) is 6.26 Å². The highest BCUT2D eigenvalue weighted by Gasteiger charge is 2.10. The Morgan fingerprint density at radius 2 is 2.37 bits per heavy atom. The molecule has 100 valence electrons. The van der Waals surface area contributed by atoms with E-state index in [9.17, 15) is 4.79 Å². The molecule has 0 spiro atoms. The summed E-state index contributed by atoms with van der Waals surface area (Å²) >= 11 is 7.54. The summed E-state index contributed by atoms with van der Waals surface area (Å²) in [5, 5.41) is 7.34. The molecule has 1 N–H and O–H groups in total. The maximum Gasteiger partial charge on any atom is 0.270 e. The number of nitrogens with zero attached hydrogens (tertiary/aromatic N) is 3. The van der Waals surface area contributed by atoms with Crippen molar-refractivity contribution in [1.82, 2.24) is 20.1 Å². The molecule has 2 aromatic heterocycles. The van der Waals surface area contributed by atoms with Crippen LogP contribution in [0.1, 0.15) is 16.2 Å². The number of carbonyl (C=O) groups excluding carboxylic acids is 1. The van der Waals surface area contributed by atoms with Crippen molar-refractivity contribution in [1.29, 1.82) is 0 Å². The molecule has 0 fully saturated rings. The lowest BCUT2D eigenvalue weighted by Gasteiger charge is -2.06. The number of nitrogens with one attached hydrogen (secondary N) is 1. The second-order valence-electron chi connectivity index (χ2n) is 3.83. The van der Waals surface area contributed by atoms with E-state index in [4.69, 9.17) is 11.6 Å². The van der Waals surface area contributed by atoms with Gasteiger partial charge in [0.1, 0.15) is 5.69 Å². The van der Waals surface area contributed by atoms with Gasteiger partial charge in [0.15, 0.2) is 0 Å². The van der Waals surface area contributed by atoms with Gasteiger partial charge in [-0.05, 0) is 18.4 Å². The molecule has 0 unspecified atom stereocenters. The van der Waals surface area contributed by atoms with Gasteiger partial charge >= 0.3 is 0 Å². The maximum atomic E-state index is 11.9. The zero-order valence-corrected chi connectivity index (χ0v) is 12.1. The quantitative estimate of drug-likeness (QED) is 0.878. The Balaban J connectivity index is 2.04. The summed E-state index contributed by atoms with van der Waals surface area (Å²) in [6.45, 7) is 0.402. The van der Waals surface area contributed by atoms with Crippen LogP contribution in [0.2, 0.25) is 5.02 Å². The predicted octanol–water partition coefficient (Wildman–Crippen LogP) is 2.12. The molecule has 0 atom stereocenters. The summed E-state index contributed by atoms with van der Waals surface area (Å²) in [5.74, 6) is -0.254. The Labute approximate surface area is 120 Å². The van der Waals surface area contributed by atoms with E-state index in [0.29, 0.717) is 17.3 Å². The first-order valence-electron chi connectivity index (χ1n) is 5.56. The molecular formula is C12H13ClN4OS. The number of halogens is 1. The Hall–Kier alpha value is -1.53. The minimum absolute atomic E-state index is 0.254. The number of hydrogen-bond acceptors (Lipinski definition) is 4. The monoisotopic (exact) mass is 296 g/mol. The molecule has 1 amide bonds. The highest BCUT2D eigenvalue weighted by Crippen LogP contribution is 2.24. The molecule has 19 heavy (non-hydrogen) atoms. The van der Waals surface area contributed by atoms with E-state index in [1.54, 1.807) is 23.1 Å². The molecule has 7 heteroatoms. The van der Waals surface area contributed by atoms with Crippen LogP contribution in [0.25, 0.3) is 0 Å². The third kappa shape index (κ3) is 3.27. The number of pyridine rings is 1. The summed E-state index contributed by atoms with van der Waals surface area (Å²) in [6, 6.07) is 3.42. The minimum Gasteiger partial charge on any atom is -0.345 e. The number of aromatic nitrogens is 3. The summed E-state index contributed by atoms with van der Waals surface area (Å²) in [6.07, 6.45) is 5.20. The third-order valence-corrected chi connectivity index (χ3v) is 3.81. The van der Waals surface area contributed by atoms with Gasteiger partial charge < -0.3 is 5.32 Å². The second kappa shape index (κ2) is 6.08. The summed E-state index contributed by atoms with van der Waals surface area (Å²) in [4.78, 5) is 16.9. The van der Waals surface area contributed by atoms with Gasteiger partial charge in [-0.1, -0.05) is 11.6 Å². The highest BCUT2D eigenvalue weighted by atomic mass is 35.5. The molecule has 0 aliphatic rings. The van der Waals surface area contributed by atoms with Crippen molar-refractivity contribution in [3.05, 3.63) is 40.9 Å². The van der Waals surface area contributed by atoms with E-state index in [-0.39, 0.29) is 5.91 Å². The van der Waals surface area contributed by atoms with E-state index in [0.717, 1.165) is 10.6 Å². The summed E-state index contributed by atoms with van der Waals surface area (Å²) in [5.41, 5.74) is 1.23. The predicted molar refractivity (Wildman–Crippen MR) is 75.4 cm³/mol. The highest BCUT2D eigenvalue weighted by molar-refractivity contribution is 7.98. The molecule has 0 aliphatic heterocycles. The van der Waals surface area contributed by atoms with E-state index < -0.39 is 0 Å². The van der Waals surface area contributed by atoms with Crippen molar-refractivity contribution in [2.24, 2.45) is 7.05 Å². The lowest BCUT2D eigenvalue weighted by Crippen LogP contribution is -2.25. The Morgan fingerprint density at radius 1 is 1.58 bits per heavy atom. The fourth-order valence-electron chi connectivity index (χ4n) is 1.53. The van der Waals surface area contributed by atoms with Crippen LogP contribution < -0.4 is 5.32 Å². The van der Waals surface area contributed by atoms with Crippen LogP contribution in [-0.2, 0) is 13.6 Å². The van der Waals surface area contributed by atoms with Crippen LogP contribution in [0, 0.1) is 0 Å². The first-order valence-corrected chi connectivity index (χ1v) is 7.16. The van der Waals surface area contributed by atoms with Gasteiger partial charge in [0, 0.05) is 24.3 Å². The van der Waals surface area contributed by atoms with E-state index in [2.05, 4.69) is 15.4 Å². The van der Waals surface area contributed by atoms with E-state index in [1.165, 1.54) is 11.8 Å². The fraction of sp³-hybridized carbons (Fsp3) is 0.250. The van der Waals surface area contributed by atoms with Gasteiger partial charge in [-0.3, -0.25) is 9.48 Å². The average Bonchev–Trinajstić information content (AvgIpc) is 2.81. The number of amides is 1. The number of rotatable bonds is 4. The Morgan fingerprint density at radius 3 is 2.95 bits per heavy atom. The van der Waals surface area contributed by atoms with Gasteiger partial charge in [0.05, 0.1) is 17.3 Å². The third-order valence-electron chi connectivity index (χ3n) is 2.62. The second-order valence-corrected chi connectivity index (χ2v) is 5.09. The van der Waals surface area contributed by atoms with Crippen LogP contribution in [0.15, 0.2) is 29.4 Å². The Bertz CT molecular complexity index is 599. The van der Waals surface area contributed by atoms with Crippen molar-refractivity contribution in [2.45, 2.75) is 11.4 Å². The smallest absolute Gasteiger partial charge is 0.270 e. The number of aryl methyl sites for hydroxylation is 1. The topological polar surface area (TPSA) is 59.8 Å². The molecule has 0 aromatic carbocycles. The summed E-state index contributed by atoms with van der Waals surface area (Å²) < 4.78 is 1.71. The minimum atomic E-state index is -0.254. The molecule has 2 heterocycles. The van der Waals surface area contributed by atoms with Crippen molar-refractivity contribution in [3.8, 4) is 0 Å². The van der Waals surface area contributed by atoms with Crippen molar-refractivity contribution in [3.63, 3.8) is 0 Å². The summed E-state index contributed by atoms with van der Waals surface area (Å²) in [7, 11) is 1.82. The molecule has 2 aromatic rings. The van der Waals surface area contributed by atoms with Gasteiger partial charge in [0.2, 0.25) is 0 Å². The molecule has 5 nitrogen and oxygen atoms in total. The number of thioether (sulfide) groups is 1. The average molecular weight is 297 g/mol. The molecule has 0 saturated heterocycles. The lowest BCUT2D eigenvalue weighted by atomic mass is 10.3. The maximum absolute atomic E-state index is 11.9. The van der Waals surface area contributed by atoms with Crippen LogP contribution in [0.3, 0.4) is 0 Å². The largest absolute Gasteiger partial charge is 0.345 e. The molecular weight excluding hydrogens is 284 g/mol. The molecule has 0 aliphatic carbocycles. The molecule has 0 bridgehead atoms. The normalized spacial score (nSPS) is 10.5. The van der Waals surface area contributed by atoms with Crippen LogP contribution >= 0.6 is 23.4 Å². The zero-order chi connectivity index (χ0) is 13.8. The van der Waals surface area contributed by atoms with Gasteiger partial charge in [0.25, 0.3) is 5.91 Å². The van der Waals surface area contributed by atoms with Gasteiger partial charge in [-0.15, -0.1) is 11.8 Å². The number of carbonyl (C=O) groups is 1. The zero-order valence-electron chi connectivity index (χ0n) is 10.6. The van der Waals surface area contributed by atoms with Crippen LogP contribution in [0.4, 0.5) is 0 Å². The molecule has 0 saturated carbocycles. The van der Waals surface area contributed by atoms with Crippen molar-refractivity contribution < 1.29 is 4.79 Å². The van der Waals surface area contributed by atoms with E-state index >= 15 is 0 Å². The molecule has 0 radical (unpaired) electrons. The van der Waals surface area contributed by atoms with Gasteiger partial charge in [-0.25, -0.2) is 4.98 Å². The van der Waals surface area contributed by atoms with Gasteiger partial charge in [-0.2, -0.15) is 5.10 Å². The number of hydrogen-bond donors (Lipinski definition) is 1. The SMILES string of the molecule is CSc1cnc(C(=O)NCc2ccnn2C)cc1Cl. The first-order chi connectivity index (χ1) is 9.11. The van der Waals surface area contributed by atoms with E-state index in [1.807, 2.05) is 19.4 Å². The Kier molecular flexibility index (Phi) is 4.44. The fourth-order valence-corrected chi connectivity index (χ4v) is 2.32. The first kappa shape index (κ1) is 13.9. The lowest BCUT2D eigenvalue weighted by molar-refractivity contribution is 0.0945. The van der Waals surface area contributed by atoms with Crippen LogP contribution in [-0.4, -0.2) is 26.9 Å². The van der Waals surface area contributed by atoms with Crippen LogP contribution in [0.5, 0.6) is 0 Å². The molecule has 2 rings (SSSR count). The standard InChI is InChI=1S/C12H13ClN4OS/c1-17-8(3-4-16-17)6-15-12(18)10-5-9(13)11(19-2)7-14-10/h3-5,7H,6H2,1-2H3,(H,15,18). The van der Waals surface area contributed by atoms with Crippen molar-refractivity contribution >= 4 is 29.3 Å².